The third-order valence-corrected chi connectivity index (χ3v) is 1.67. The maximum atomic E-state index is 11.9. The van der Waals surface area contributed by atoms with Gasteiger partial charge in [0.15, 0.2) is 4.63 Å². The molecule has 14 heavy (non-hydrogen) atoms. The first-order chi connectivity index (χ1) is 5.92. The molecule has 1 nitrogen and oxygen atoms in total. The van der Waals surface area contributed by atoms with Crippen LogP contribution in [0.4, 0.5) is 26.3 Å². The van der Waals surface area contributed by atoms with Gasteiger partial charge in [-0.2, -0.15) is 26.3 Å². The largest absolute Gasteiger partial charge is 0.436 e. The van der Waals surface area contributed by atoms with Gasteiger partial charge in [0.2, 0.25) is 0 Å². The van der Waals surface area contributed by atoms with Gasteiger partial charge in [-0.15, -0.1) is 0 Å². The van der Waals surface area contributed by atoms with Crippen LogP contribution >= 0.6 is 34.8 Å². The van der Waals surface area contributed by atoms with Gasteiger partial charge in [-0.25, -0.2) is 4.99 Å². The molecule has 0 saturated carbocycles. The summed E-state index contributed by atoms with van der Waals surface area (Å²) in [7, 11) is 0. The van der Waals surface area contributed by atoms with E-state index in [0.717, 1.165) is 0 Å². The zero-order valence-electron chi connectivity index (χ0n) is 5.85. The van der Waals surface area contributed by atoms with Gasteiger partial charge in [0.1, 0.15) is 0 Å². The molecule has 0 amide bonds. The Bertz CT molecular complexity index is 224. The Labute approximate surface area is 88.6 Å². The molecule has 0 spiro atoms. The van der Waals surface area contributed by atoms with Crippen molar-refractivity contribution in [2.45, 2.75) is 17.4 Å². The zero-order valence-corrected chi connectivity index (χ0v) is 8.12. The normalized spacial score (nSPS) is 14.1. The second kappa shape index (κ2) is 3.94. The fraction of sp³-hybridized carbons (Fsp3) is 0.750. The average molecular weight is 282 g/mol. The molecule has 0 N–H and O–H groups in total. The summed E-state index contributed by atoms with van der Waals surface area (Å²) in [6.07, 6.45) is -11.7. The Morgan fingerprint density at radius 1 is 0.857 bits per heavy atom. The van der Waals surface area contributed by atoms with Gasteiger partial charge < -0.3 is 0 Å². The summed E-state index contributed by atoms with van der Waals surface area (Å²) in [5, 5.41) is 0. The maximum absolute atomic E-state index is 11.9. The first-order valence-electron chi connectivity index (χ1n) is 2.65. The molecule has 0 saturated heterocycles. The van der Waals surface area contributed by atoms with Crippen molar-refractivity contribution in [3.63, 3.8) is 0 Å². The second-order valence-electron chi connectivity index (χ2n) is 1.97. The Morgan fingerprint density at radius 2 is 1.14 bits per heavy atom. The van der Waals surface area contributed by atoms with Crippen LogP contribution in [-0.2, 0) is 0 Å². The molecule has 0 aliphatic rings. The van der Waals surface area contributed by atoms with Crippen LogP contribution in [0, 0.1) is 0 Å². The molecule has 0 fully saturated rings. The van der Waals surface area contributed by atoms with Crippen molar-refractivity contribution in [2.24, 2.45) is 4.99 Å². The Balaban J connectivity index is 5.41. The molecule has 0 bridgehead atoms. The molecule has 0 heterocycles. The molecule has 0 aromatic heterocycles. The van der Waals surface area contributed by atoms with Crippen LogP contribution in [0.1, 0.15) is 0 Å². The molecule has 0 aromatic carbocycles. The van der Waals surface area contributed by atoms with E-state index >= 15 is 0 Å². The fourth-order valence-electron chi connectivity index (χ4n) is 0.404. The van der Waals surface area contributed by atoms with Gasteiger partial charge in [-0.1, -0.05) is 11.6 Å². The predicted molar refractivity (Wildman–Crippen MR) is 39.8 cm³/mol. The number of alkyl halides is 7. The van der Waals surface area contributed by atoms with Crippen molar-refractivity contribution in [3.8, 4) is 0 Å². The molecule has 0 aromatic rings. The van der Waals surface area contributed by atoms with E-state index in [9.17, 15) is 26.3 Å². The summed E-state index contributed by atoms with van der Waals surface area (Å²) < 4.78 is 69.8. The molecule has 0 unspecified atom stereocenters. The van der Waals surface area contributed by atoms with Crippen LogP contribution in [0.15, 0.2) is 4.99 Å². The molecule has 0 atom stereocenters. The number of rotatable bonds is 1. The quantitative estimate of drug-likeness (QED) is 0.299. The van der Waals surface area contributed by atoms with Crippen molar-refractivity contribution in [1.29, 1.82) is 0 Å². The van der Waals surface area contributed by atoms with Crippen LogP contribution < -0.4 is 0 Å². The summed E-state index contributed by atoms with van der Waals surface area (Å²) in [6, 6.07) is 0. The smallest absolute Gasteiger partial charge is 0.221 e. The van der Waals surface area contributed by atoms with Gasteiger partial charge in [0, 0.05) is 0 Å². The first-order valence-corrected chi connectivity index (χ1v) is 3.78. The fourth-order valence-corrected chi connectivity index (χ4v) is 0.829. The molecular formula is C4Cl3F6N. The minimum Gasteiger partial charge on any atom is -0.221 e. The summed E-state index contributed by atoms with van der Waals surface area (Å²) in [6.45, 7) is 0. The van der Waals surface area contributed by atoms with E-state index in [1.54, 1.807) is 0 Å². The first kappa shape index (κ1) is 14.1. The summed E-state index contributed by atoms with van der Waals surface area (Å²) in [4.78, 5) is -2.89. The van der Waals surface area contributed by atoms with Crippen LogP contribution in [0.2, 0.25) is 0 Å². The molecule has 0 rings (SSSR count). The molecular weight excluding hydrogens is 282 g/mol. The average Bonchev–Trinajstić information content (AvgIpc) is 1.79. The van der Waals surface area contributed by atoms with E-state index in [4.69, 9.17) is 0 Å². The third-order valence-electron chi connectivity index (χ3n) is 0.990. The van der Waals surface area contributed by atoms with E-state index in [-0.39, 0.29) is 0 Å². The minimum absolute atomic E-state index is 1.46. The highest BCUT2D eigenvalue weighted by Crippen LogP contribution is 2.49. The van der Waals surface area contributed by atoms with E-state index in [0.29, 0.717) is 0 Å². The number of halogens is 9. The highest BCUT2D eigenvalue weighted by Gasteiger charge is 2.71. The van der Waals surface area contributed by atoms with Gasteiger partial charge in [0.25, 0.3) is 0 Å². The van der Waals surface area contributed by atoms with Gasteiger partial charge in [-0.3, -0.25) is 0 Å². The highest BCUT2D eigenvalue weighted by molar-refractivity contribution is 6.95. The molecule has 0 radical (unpaired) electrons. The summed E-state index contributed by atoms with van der Waals surface area (Å²) in [5.41, 5.74) is 0. The third kappa shape index (κ3) is 2.80. The molecule has 0 aliphatic heterocycles. The van der Waals surface area contributed by atoms with E-state index in [2.05, 4.69) is 34.8 Å². The predicted octanol–water partition coefficient (Wildman–Crippen LogP) is 3.88. The molecule has 10 heteroatoms. The highest BCUT2D eigenvalue weighted by atomic mass is 35.5. The molecule has 0 aliphatic carbocycles. The van der Waals surface area contributed by atoms with Gasteiger partial charge in [0.05, 0.1) is 0 Å². The van der Waals surface area contributed by atoms with Crippen molar-refractivity contribution in [3.05, 3.63) is 0 Å². The lowest BCUT2D eigenvalue weighted by Crippen LogP contribution is -2.50. The number of nitrogens with zero attached hydrogens (tertiary/aromatic N) is 1. The van der Waals surface area contributed by atoms with E-state index in [1.807, 2.05) is 4.99 Å². The number of hydrogen-bond donors (Lipinski definition) is 0. The standard InChI is InChI=1S/C4Cl3F6N/c5-1(6)14-2(7,3(8,9)10)4(11,12)13. The van der Waals surface area contributed by atoms with Gasteiger partial charge >= 0.3 is 17.4 Å². The van der Waals surface area contributed by atoms with Crippen molar-refractivity contribution in [2.75, 3.05) is 0 Å². The Kier molecular flexibility index (Phi) is 3.97. The van der Waals surface area contributed by atoms with E-state index < -0.39 is 22.0 Å². The van der Waals surface area contributed by atoms with Gasteiger partial charge in [-0.05, 0) is 23.2 Å². The van der Waals surface area contributed by atoms with Crippen molar-refractivity contribution < 1.29 is 26.3 Å². The Morgan fingerprint density at radius 3 is 1.21 bits per heavy atom. The second-order valence-corrected chi connectivity index (χ2v) is 3.43. The van der Waals surface area contributed by atoms with E-state index in [1.165, 1.54) is 0 Å². The summed E-state index contributed by atoms with van der Waals surface area (Å²) in [5.74, 6) is 0. The minimum atomic E-state index is -5.85. The van der Waals surface area contributed by atoms with Crippen molar-refractivity contribution >= 4 is 39.4 Å². The zero-order chi connectivity index (χ0) is 11.8. The number of hydrogen-bond acceptors (Lipinski definition) is 1. The topological polar surface area (TPSA) is 12.4 Å². The van der Waals surface area contributed by atoms with Crippen LogP contribution in [-0.4, -0.2) is 22.0 Å². The molecule has 84 valence electrons. The maximum Gasteiger partial charge on any atom is 0.436 e. The lowest BCUT2D eigenvalue weighted by atomic mass is 10.3. The van der Waals surface area contributed by atoms with Crippen LogP contribution in [0.5, 0.6) is 0 Å². The lowest BCUT2D eigenvalue weighted by molar-refractivity contribution is -0.265. The SMILES string of the molecule is FC(F)(F)C(Cl)(N=C(Cl)Cl)C(F)(F)F. The monoisotopic (exact) mass is 281 g/mol. The summed E-state index contributed by atoms with van der Waals surface area (Å²) >= 11 is 13.5. The lowest BCUT2D eigenvalue weighted by Gasteiger charge is -2.27. The van der Waals surface area contributed by atoms with Crippen LogP contribution in [0.3, 0.4) is 0 Å². The van der Waals surface area contributed by atoms with Crippen LogP contribution in [0.25, 0.3) is 0 Å². The van der Waals surface area contributed by atoms with Crippen molar-refractivity contribution in [1.82, 2.24) is 0 Å². The Hall–Kier alpha value is 0.120. The number of aliphatic imine (C=N–C) groups is 1.